The van der Waals surface area contributed by atoms with E-state index in [-0.39, 0.29) is 18.2 Å². The number of carbonyl (C=O) groups is 2. The summed E-state index contributed by atoms with van der Waals surface area (Å²) in [4.78, 5) is 23.6. The monoisotopic (exact) mass is 382 g/mol. The molecule has 0 bridgehead atoms. The second kappa shape index (κ2) is 9.15. The molecule has 0 fully saturated rings. The molecule has 0 atom stereocenters. The summed E-state index contributed by atoms with van der Waals surface area (Å²) >= 11 is 11.7. The van der Waals surface area contributed by atoms with Crippen LogP contribution in [-0.2, 0) is 9.59 Å². The summed E-state index contributed by atoms with van der Waals surface area (Å²) in [7, 11) is 1.58. The van der Waals surface area contributed by atoms with Gasteiger partial charge in [-0.05, 0) is 42.5 Å². The lowest BCUT2D eigenvalue weighted by Crippen LogP contribution is -2.37. The van der Waals surface area contributed by atoms with Crippen LogP contribution < -0.4 is 20.1 Å². The number of benzene rings is 2. The molecule has 0 spiro atoms. The molecule has 2 aromatic carbocycles. The minimum absolute atomic E-state index is 0.173. The molecular formula is C17H16Cl2N2O4. The Hall–Kier alpha value is -2.44. The number of hydrogen-bond acceptors (Lipinski definition) is 4. The molecule has 6 nitrogen and oxygen atoms in total. The fraction of sp³-hybridized carbons (Fsp3) is 0.176. The standard InChI is InChI=1S/C17H16Cl2N2O4/c1-24-12-3-5-13(6-4-12)25-9-8-20-16(22)17(23)21-15-7-2-11(18)10-14(15)19/h2-7,10H,8-9H2,1H3,(H,20,22)(H,21,23). The van der Waals surface area contributed by atoms with Crippen molar-refractivity contribution in [3.8, 4) is 11.5 Å². The summed E-state index contributed by atoms with van der Waals surface area (Å²) < 4.78 is 10.5. The Morgan fingerprint density at radius 3 is 2.32 bits per heavy atom. The third-order valence-electron chi connectivity index (χ3n) is 3.10. The quantitative estimate of drug-likeness (QED) is 0.594. The van der Waals surface area contributed by atoms with Crippen LogP contribution in [0.25, 0.3) is 0 Å². The lowest BCUT2D eigenvalue weighted by atomic mass is 10.3. The van der Waals surface area contributed by atoms with E-state index in [0.29, 0.717) is 16.5 Å². The van der Waals surface area contributed by atoms with E-state index in [4.69, 9.17) is 32.7 Å². The normalized spacial score (nSPS) is 10.0. The van der Waals surface area contributed by atoms with Gasteiger partial charge >= 0.3 is 11.8 Å². The summed E-state index contributed by atoms with van der Waals surface area (Å²) in [6, 6.07) is 11.6. The predicted octanol–water partition coefficient (Wildman–Crippen LogP) is 3.14. The van der Waals surface area contributed by atoms with Gasteiger partial charge < -0.3 is 20.1 Å². The zero-order chi connectivity index (χ0) is 18.2. The average molecular weight is 383 g/mol. The van der Waals surface area contributed by atoms with E-state index in [1.165, 1.54) is 12.1 Å². The van der Waals surface area contributed by atoms with E-state index in [2.05, 4.69) is 10.6 Å². The van der Waals surface area contributed by atoms with Gasteiger partial charge in [0.05, 0.1) is 24.4 Å². The second-order valence-electron chi connectivity index (χ2n) is 4.86. The van der Waals surface area contributed by atoms with Crippen molar-refractivity contribution in [3.05, 3.63) is 52.5 Å². The van der Waals surface area contributed by atoms with Crippen LogP contribution >= 0.6 is 23.2 Å². The Labute approximate surface area is 155 Å². The van der Waals surface area contributed by atoms with E-state index in [0.717, 1.165) is 5.75 Å². The zero-order valence-electron chi connectivity index (χ0n) is 13.3. The molecule has 0 aliphatic heterocycles. The van der Waals surface area contributed by atoms with Crippen molar-refractivity contribution in [2.45, 2.75) is 0 Å². The Morgan fingerprint density at radius 1 is 1.00 bits per heavy atom. The lowest BCUT2D eigenvalue weighted by molar-refractivity contribution is -0.136. The van der Waals surface area contributed by atoms with Gasteiger partial charge in [0.15, 0.2) is 0 Å². The van der Waals surface area contributed by atoms with Crippen LogP contribution in [0.2, 0.25) is 10.0 Å². The van der Waals surface area contributed by atoms with Crippen molar-refractivity contribution in [1.29, 1.82) is 0 Å². The third-order valence-corrected chi connectivity index (χ3v) is 3.65. The molecule has 2 amide bonds. The molecule has 0 radical (unpaired) electrons. The smallest absolute Gasteiger partial charge is 0.313 e. The Bertz CT molecular complexity index is 751. The fourth-order valence-electron chi connectivity index (χ4n) is 1.86. The molecular weight excluding hydrogens is 367 g/mol. The van der Waals surface area contributed by atoms with Crippen molar-refractivity contribution in [2.24, 2.45) is 0 Å². The van der Waals surface area contributed by atoms with Gasteiger partial charge in [-0.2, -0.15) is 0 Å². The van der Waals surface area contributed by atoms with Crippen molar-refractivity contribution in [1.82, 2.24) is 5.32 Å². The molecule has 0 saturated carbocycles. The highest BCUT2D eigenvalue weighted by Crippen LogP contribution is 2.25. The van der Waals surface area contributed by atoms with Gasteiger partial charge in [0.2, 0.25) is 0 Å². The largest absolute Gasteiger partial charge is 0.497 e. The number of anilines is 1. The third kappa shape index (κ3) is 5.85. The van der Waals surface area contributed by atoms with Gasteiger partial charge in [-0.3, -0.25) is 9.59 Å². The van der Waals surface area contributed by atoms with Crippen LogP contribution in [0.4, 0.5) is 5.69 Å². The molecule has 0 aliphatic rings. The minimum Gasteiger partial charge on any atom is -0.497 e. The predicted molar refractivity (Wildman–Crippen MR) is 96.6 cm³/mol. The van der Waals surface area contributed by atoms with Crippen molar-refractivity contribution >= 4 is 40.7 Å². The number of amides is 2. The van der Waals surface area contributed by atoms with Gasteiger partial charge in [-0.15, -0.1) is 0 Å². The van der Waals surface area contributed by atoms with Gasteiger partial charge in [0.25, 0.3) is 0 Å². The van der Waals surface area contributed by atoms with Crippen LogP contribution in [0.1, 0.15) is 0 Å². The van der Waals surface area contributed by atoms with E-state index in [1.807, 2.05) is 0 Å². The number of hydrogen-bond donors (Lipinski definition) is 2. The first-order valence-corrected chi connectivity index (χ1v) is 8.06. The fourth-order valence-corrected chi connectivity index (χ4v) is 2.31. The summed E-state index contributed by atoms with van der Waals surface area (Å²) in [5.74, 6) is -0.261. The Balaban J connectivity index is 1.74. The summed E-state index contributed by atoms with van der Waals surface area (Å²) in [6.45, 7) is 0.389. The maximum absolute atomic E-state index is 11.8. The Kier molecular flexibility index (Phi) is 6.91. The molecule has 2 N–H and O–H groups in total. The van der Waals surface area contributed by atoms with Crippen molar-refractivity contribution < 1.29 is 19.1 Å². The van der Waals surface area contributed by atoms with E-state index in [1.54, 1.807) is 37.4 Å². The number of nitrogens with one attached hydrogen (secondary N) is 2. The van der Waals surface area contributed by atoms with Gasteiger partial charge in [-0.1, -0.05) is 23.2 Å². The average Bonchev–Trinajstić information content (AvgIpc) is 2.61. The van der Waals surface area contributed by atoms with Gasteiger partial charge in [-0.25, -0.2) is 0 Å². The zero-order valence-corrected chi connectivity index (χ0v) is 14.9. The summed E-state index contributed by atoms with van der Waals surface area (Å²) in [5.41, 5.74) is 0.306. The maximum atomic E-state index is 11.8. The van der Waals surface area contributed by atoms with Gasteiger partial charge in [0, 0.05) is 5.02 Å². The number of carbonyl (C=O) groups excluding carboxylic acids is 2. The van der Waals surface area contributed by atoms with Crippen molar-refractivity contribution in [3.63, 3.8) is 0 Å². The number of rotatable bonds is 6. The molecule has 2 aromatic rings. The first-order chi connectivity index (χ1) is 12.0. The molecule has 8 heteroatoms. The molecule has 0 unspecified atom stereocenters. The van der Waals surface area contributed by atoms with E-state index in [9.17, 15) is 9.59 Å². The molecule has 25 heavy (non-hydrogen) atoms. The van der Waals surface area contributed by atoms with Crippen LogP contribution in [0, 0.1) is 0 Å². The highest BCUT2D eigenvalue weighted by atomic mass is 35.5. The first kappa shape index (κ1) is 18.9. The number of ether oxygens (including phenoxy) is 2. The molecule has 2 rings (SSSR count). The molecule has 0 saturated heterocycles. The van der Waals surface area contributed by atoms with Crippen LogP contribution in [0.15, 0.2) is 42.5 Å². The van der Waals surface area contributed by atoms with Crippen LogP contribution in [0.5, 0.6) is 11.5 Å². The molecule has 0 heterocycles. The number of halogens is 2. The highest BCUT2D eigenvalue weighted by Gasteiger charge is 2.14. The van der Waals surface area contributed by atoms with Crippen molar-refractivity contribution in [2.75, 3.05) is 25.6 Å². The SMILES string of the molecule is COc1ccc(OCCNC(=O)C(=O)Nc2ccc(Cl)cc2Cl)cc1. The topological polar surface area (TPSA) is 76.7 Å². The minimum atomic E-state index is -0.825. The van der Waals surface area contributed by atoms with Crippen LogP contribution in [-0.4, -0.2) is 32.1 Å². The lowest BCUT2D eigenvalue weighted by Gasteiger charge is -2.09. The van der Waals surface area contributed by atoms with Crippen LogP contribution in [0.3, 0.4) is 0 Å². The van der Waals surface area contributed by atoms with Gasteiger partial charge in [0.1, 0.15) is 18.1 Å². The molecule has 132 valence electrons. The van der Waals surface area contributed by atoms with E-state index < -0.39 is 11.8 Å². The first-order valence-electron chi connectivity index (χ1n) is 7.30. The van der Waals surface area contributed by atoms with E-state index >= 15 is 0 Å². The maximum Gasteiger partial charge on any atom is 0.313 e. The Morgan fingerprint density at radius 2 is 1.68 bits per heavy atom. The highest BCUT2D eigenvalue weighted by molar-refractivity contribution is 6.42. The second-order valence-corrected chi connectivity index (χ2v) is 5.70. The molecule has 0 aromatic heterocycles. The number of methoxy groups -OCH3 is 1. The summed E-state index contributed by atoms with van der Waals surface area (Å²) in [6.07, 6.45) is 0. The molecule has 0 aliphatic carbocycles. The summed E-state index contributed by atoms with van der Waals surface area (Å²) in [5, 5.41) is 5.55.